The molecule has 0 aromatic rings. The molecule has 2 aliphatic heterocycles. The van der Waals surface area contributed by atoms with Crippen LogP contribution in [0.5, 0.6) is 0 Å². The lowest BCUT2D eigenvalue weighted by Gasteiger charge is -2.34. The van der Waals surface area contributed by atoms with Gasteiger partial charge in [0.2, 0.25) is 17.7 Å². The van der Waals surface area contributed by atoms with Crippen LogP contribution >= 0.6 is 0 Å². The van der Waals surface area contributed by atoms with Crippen molar-refractivity contribution in [2.45, 2.75) is 65.8 Å². The zero-order valence-corrected chi connectivity index (χ0v) is 16.1. The molecule has 1 atom stereocenters. The minimum atomic E-state index is -0.505. The molecule has 142 valence electrons. The summed E-state index contributed by atoms with van der Waals surface area (Å²) in [5.41, 5.74) is -0.503. The zero-order chi connectivity index (χ0) is 18.6. The smallest absolute Gasteiger partial charge is 0.244 e. The lowest BCUT2D eigenvalue weighted by atomic mass is 9.92. The van der Waals surface area contributed by atoms with Crippen molar-refractivity contribution in [3.8, 4) is 0 Å². The lowest BCUT2D eigenvalue weighted by molar-refractivity contribution is -0.139. The highest BCUT2D eigenvalue weighted by Gasteiger charge is 2.31. The number of amides is 3. The molecule has 3 amide bonds. The summed E-state index contributed by atoms with van der Waals surface area (Å²) in [6.45, 7) is 10.4. The molecule has 0 bridgehead atoms. The fraction of sp³-hybridized carbons (Fsp3) is 0.842. The monoisotopic (exact) mass is 351 g/mol. The Bertz CT molecular complexity index is 499. The number of rotatable bonds is 4. The van der Waals surface area contributed by atoms with Gasteiger partial charge >= 0.3 is 0 Å². The van der Waals surface area contributed by atoms with Gasteiger partial charge in [0.25, 0.3) is 0 Å². The average Bonchev–Trinajstić information content (AvgIpc) is 3.08. The van der Waals surface area contributed by atoms with Gasteiger partial charge in [0.1, 0.15) is 6.04 Å². The zero-order valence-electron chi connectivity index (χ0n) is 16.1. The van der Waals surface area contributed by atoms with Gasteiger partial charge in [0, 0.05) is 38.0 Å². The number of hydrogen-bond donors (Lipinski definition) is 1. The van der Waals surface area contributed by atoms with Gasteiger partial charge < -0.3 is 15.1 Å². The van der Waals surface area contributed by atoms with E-state index in [9.17, 15) is 14.4 Å². The van der Waals surface area contributed by atoms with Crippen LogP contribution in [0.25, 0.3) is 0 Å². The maximum atomic E-state index is 12.5. The summed E-state index contributed by atoms with van der Waals surface area (Å²) in [5.74, 6) is 0.506. The van der Waals surface area contributed by atoms with Crippen LogP contribution in [0, 0.1) is 11.3 Å². The molecule has 0 aromatic carbocycles. The van der Waals surface area contributed by atoms with E-state index >= 15 is 0 Å². The molecular formula is C19H33N3O3. The van der Waals surface area contributed by atoms with Crippen molar-refractivity contribution in [2.75, 3.05) is 26.2 Å². The molecule has 25 heavy (non-hydrogen) atoms. The van der Waals surface area contributed by atoms with Crippen molar-refractivity contribution >= 4 is 17.7 Å². The molecule has 1 N–H and O–H groups in total. The van der Waals surface area contributed by atoms with E-state index in [1.54, 1.807) is 6.92 Å². The van der Waals surface area contributed by atoms with Crippen LogP contribution < -0.4 is 5.32 Å². The average molecular weight is 351 g/mol. The Hall–Kier alpha value is -1.59. The fourth-order valence-corrected chi connectivity index (χ4v) is 3.45. The number of likely N-dealkylation sites (tertiary alicyclic amines) is 2. The normalized spacial score (nSPS) is 20.5. The predicted octanol–water partition coefficient (Wildman–Crippen LogP) is 1.79. The second-order valence-corrected chi connectivity index (χ2v) is 8.51. The highest BCUT2D eigenvalue weighted by Crippen LogP contribution is 2.23. The summed E-state index contributed by atoms with van der Waals surface area (Å²) in [5, 5.41) is 2.81. The molecule has 6 heteroatoms. The van der Waals surface area contributed by atoms with E-state index in [-0.39, 0.29) is 17.7 Å². The van der Waals surface area contributed by atoms with E-state index in [4.69, 9.17) is 0 Å². The standard InChI is InChI=1S/C19H33N3O3/c1-14(20-18(25)19(2,3)4)17(24)22-11-7-15(8-12-22)13-16(23)21-9-5-6-10-21/h14-15H,5-13H2,1-4H3,(H,20,25). The molecule has 2 saturated heterocycles. The third-order valence-electron chi connectivity index (χ3n) is 5.25. The van der Waals surface area contributed by atoms with Crippen LogP contribution in [-0.2, 0) is 14.4 Å². The first kappa shape index (κ1) is 19.7. The summed E-state index contributed by atoms with van der Waals surface area (Å²) in [7, 11) is 0. The molecule has 0 aromatic heterocycles. The lowest BCUT2D eigenvalue weighted by Crippen LogP contribution is -2.51. The van der Waals surface area contributed by atoms with Gasteiger partial charge in [-0.05, 0) is 38.5 Å². The van der Waals surface area contributed by atoms with Gasteiger partial charge in [-0.3, -0.25) is 14.4 Å². The van der Waals surface area contributed by atoms with Crippen LogP contribution in [0.4, 0.5) is 0 Å². The molecule has 2 aliphatic rings. The summed E-state index contributed by atoms with van der Waals surface area (Å²) in [6, 6.07) is -0.505. The molecule has 2 heterocycles. The van der Waals surface area contributed by atoms with E-state index in [1.807, 2.05) is 30.6 Å². The molecule has 2 rings (SSSR count). The van der Waals surface area contributed by atoms with E-state index < -0.39 is 11.5 Å². The Kier molecular flexibility index (Phi) is 6.47. The van der Waals surface area contributed by atoms with Gasteiger partial charge in [-0.1, -0.05) is 20.8 Å². The number of nitrogens with one attached hydrogen (secondary N) is 1. The Morgan fingerprint density at radius 1 is 1.00 bits per heavy atom. The first-order valence-electron chi connectivity index (χ1n) is 9.56. The minimum absolute atomic E-state index is 0.0260. The Morgan fingerprint density at radius 2 is 1.56 bits per heavy atom. The van der Waals surface area contributed by atoms with Gasteiger partial charge in [-0.2, -0.15) is 0 Å². The van der Waals surface area contributed by atoms with E-state index in [1.165, 1.54) is 0 Å². The molecule has 0 aliphatic carbocycles. The Morgan fingerprint density at radius 3 is 2.08 bits per heavy atom. The number of nitrogens with zero attached hydrogens (tertiary/aromatic N) is 2. The fourth-order valence-electron chi connectivity index (χ4n) is 3.45. The van der Waals surface area contributed by atoms with Gasteiger partial charge in [0.05, 0.1) is 0 Å². The van der Waals surface area contributed by atoms with Crippen molar-refractivity contribution in [3.63, 3.8) is 0 Å². The topological polar surface area (TPSA) is 69.7 Å². The number of carbonyl (C=O) groups excluding carboxylic acids is 3. The third kappa shape index (κ3) is 5.44. The largest absolute Gasteiger partial charge is 0.344 e. The first-order chi connectivity index (χ1) is 11.7. The molecule has 6 nitrogen and oxygen atoms in total. The number of carbonyl (C=O) groups is 3. The Balaban J connectivity index is 1.76. The summed E-state index contributed by atoms with van der Waals surface area (Å²) >= 11 is 0. The number of hydrogen-bond acceptors (Lipinski definition) is 3. The maximum absolute atomic E-state index is 12.5. The summed E-state index contributed by atoms with van der Waals surface area (Å²) < 4.78 is 0. The molecule has 0 spiro atoms. The van der Waals surface area contributed by atoms with Crippen molar-refractivity contribution in [2.24, 2.45) is 11.3 Å². The van der Waals surface area contributed by atoms with Gasteiger partial charge in [0.15, 0.2) is 0 Å². The molecule has 2 fully saturated rings. The predicted molar refractivity (Wildman–Crippen MR) is 96.8 cm³/mol. The van der Waals surface area contributed by atoms with Crippen molar-refractivity contribution in [1.82, 2.24) is 15.1 Å². The van der Waals surface area contributed by atoms with E-state index in [2.05, 4.69) is 5.32 Å². The van der Waals surface area contributed by atoms with Gasteiger partial charge in [-0.25, -0.2) is 0 Å². The molecular weight excluding hydrogens is 318 g/mol. The van der Waals surface area contributed by atoms with E-state index in [0.717, 1.165) is 38.8 Å². The SMILES string of the molecule is CC(NC(=O)C(C)(C)C)C(=O)N1CCC(CC(=O)N2CCCC2)CC1. The van der Waals surface area contributed by atoms with Crippen LogP contribution in [-0.4, -0.2) is 59.7 Å². The van der Waals surface area contributed by atoms with Crippen molar-refractivity contribution in [1.29, 1.82) is 0 Å². The minimum Gasteiger partial charge on any atom is -0.344 e. The van der Waals surface area contributed by atoms with E-state index in [0.29, 0.717) is 25.4 Å². The van der Waals surface area contributed by atoms with Crippen molar-refractivity contribution in [3.05, 3.63) is 0 Å². The highest BCUT2D eigenvalue weighted by molar-refractivity contribution is 5.89. The third-order valence-corrected chi connectivity index (χ3v) is 5.25. The summed E-state index contributed by atoms with van der Waals surface area (Å²) in [4.78, 5) is 40.6. The number of piperidine rings is 1. The second kappa shape index (κ2) is 8.19. The van der Waals surface area contributed by atoms with Crippen LogP contribution in [0.1, 0.15) is 59.8 Å². The maximum Gasteiger partial charge on any atom is 0.244 e. The second-order valence-electron chi connectivity index (χ2n) is 8.51. The Labute approximate surface area is 151 Å². The molecule has 0 saturated carbocycles. The summed E-state index contributed by atoms with van der Waals surface area (Å²) in [6.07, 6.45) is 4.59. The molecule has 0 radical (unpaired) electrons. The van der Waals surface area contributed by atoms with Gasteiger partial charge in [-0.15, -0.1) is 0 Å². The quantitative estimate of drug-likeness (QED) is 0.839. The van der Waals surface area contributed by atoms with Crippen LogP contribution in [0.15, 0.2) is 0 Å². The van der Waals surface area contributed by atoms with Crippen molar-refractivity contribution < 1.29 is 14.4 Å². The first-order valence-corrected chi connectivity index (χ1v) is 9.56. The van der Waals surface area contributed by atoms with Crippen LogP contribution in [0.2, 0.25) is 0 Å². The molecule has 1 unspecified atom stereocenters. The highest BCUT2D eigenvalue weighted by atomic mass is 16.2. The van der Waals surface area contributed by atoms with Crippen LogP contribution in [0.3, 0.4) is 0 Å².